The van der Waals surface area contributed by atoms with Gasteiger partial charge in [-0.3, -0.25) is 9.59 Å². The quantitative estimate of drug-likeness (QED) is 0.344. The fraction of sp³-hybridized carbons (Fsp3) is 0.500. The maximum absolute atomic E-state index is 10.8. The minimum Gasteiger partial charge on any atom is -0.320 e. The van der Waals surface area contributed by atoms with Gasteiger partial charge in [0.1, 0.15) is 12.1 Å². The minimum absolute atomic E-state index is 0.268. The number of carbonyl (C=O) groups is 2. The SMILES string of the molecule is N#CC(=O)C(N)CSSC[C@H](N)C(=O)C#N. The highest BCUT2D eigenvalue weighted by molar-refractivity contribution is 8.76. The van der Waals surface area contributed by atoms with E-state index in [0.717, 1.165) is 0 Å². The molecule has 8 heteroatoms. The zero-order valence-electron chi connectivity index (χ0n) is 8.25. The molecule has 16 heavy (non-hydrogen) atoms. The van der Waals surface area contributed by atoms with Crippen molar-refractivity contribution in [1.29, 1.82) is 10.5 Å². The van der Waals surface area contributed by atoms with Gasteiger partial charge in [0.25, 0.3) is 0 Å². The van der Waals surface area contributed by atoms with E-state index in [0.29, 0.717) is 0 Å². The summed E-state index contributed by atoms with van der Waals surface area (Å²) in [4.78, 5) is 21.5. The maximum atomic E-state index is 10.8. The minimum atomic E-state index is -0.828. The third-order valence-electron chi connectivity index (χ3n) is 1.47. The summed E-state index contributed by atoms with van der Waals surface area (Å²) >= 11 is 0. The van der Waals surface area contributed by atoms with Gasteiger partial charge in [0.15, 0.2) is 0 Å². The lowest BCUT2D eigenvalue weighted by Gasteiger charge is -2.07. The highest BCUT2D eigenvalue weighted by atomic mass is 33.1. The molecule has 0 aromatic heterocycles. The highest BCUT2D eigenvalue weighted by Crippen LogP contribution is 2.22. The molecule has 0 saturated carbocycles. The molecule has 0 aromatic carbocycles. The highest BCUT2D eigenvalue weighted by Gasteiger charge is 2.15. The van der Waals surface area contributed by atoms with Crippen molar-refractivity contribution in [2.24, 2.45) is 11.5 Å². The average Bonchev–Trinajstić information content (AvgIpc) is 2.31. The molecule has 4 N–H and O–H groups in total. The molecular weight excluding hydrogens is 248 g/mol. The van der Waals surface area contributed by atoms with Crippen LogP contribution in [0.1, 0.15) is 0 Å². The number of Topliss-reactive ketones (excluding diaryl/α,β-unsaturated/α-hetero) is 2. The molecule has 0 amide bonds. The molecule has 2 atom stereocenters. The second-order valence-electron chi connectivity index (χ2n) is 2.73. The Morgan fingerprint density at radius 3 is 1.56 bits per heavy atom. The molecule has 6 nitrogen and oxygen atoms in total. The van der Waals surface area contributed by atoms with Gasteiger partial charge in [0, 0.05) is 11.5 Å². The van der Waals surface area contributed by atoms with E-state index in [1.807, 2.05) is 0 Å². The normalized spacial score (nSPS) is 13.2. The van der Waals surface area contributed by atoms with Crippen LogP contribution < -0.4 is 11.5 Å². The van der Waals surface area contributed by atoms with Crippen LogP contribution in [-0.2, 0) is 9.59 Å². The Hall–Kier alpha value is -1.06. The molecule has 0 radical (unpaired) electrons. The van der Waals surface area contributed by atoms with E-state index < -0.39 is 23.7 Å². The van der Waals surface area contributed by atoms with E-state index in [4.69, 9.17) is 22.0 Å². The number of ketones is 2. The summed E-state index contributed by atoms with van der Waals surface area (Å²) in [6, 6.07) is 1.21. The molecule has 0 rings (SSSR count). The average molecular weight is 258 g/mol. The van der Waals surface area contributed by atoms with E-state index in [2.05, 4.69) is 0 Å². The lowest BCUT2D eigenvalue weighted by molar-refractivity contribution is -0.115. The van der Waals surface area contributed by atoms with E-state index in [1.165, 1.54) is 33.7 Å². The summed E-state index contributed by atoms with van der Waals surface area (Å²) in [5, 5.41) is 16.5. The van der Waals surface area contributed by atoms with Crippen molar-refractivity contribution in [2.45, 2.75) is 12.1 Å². The van der Waals surface area contributed by atoms with Crippen LogP contribution in [0, 0.1) is 22.7 Å². The van der Waals surface area contributed by atoms with E-state index >= 15 is 0 Å². The first-order valence-corrected chi connectivity index (χ1v) is 6.65. The smallest absolute Gasteiger partial charge is 0.249 e. The number of carbonyl (C=O) groups excluding carboxylic acids is 2. The van der Waals surface area contributed by atoms with Gasteiger partial charge in [0.2, 0.25) is 11.6 Å². The molecule has 0 aliphatic heterocycles. The molecular formula is C8H10N4O2S2. The van der Waals surface area contributed by atoms with Crippen LogP contribution in [-0.4, -0.2) is 35.2 Å². The monoisotopic (exact) mass is 258 g/mol. The first kappa shape index (κ1) is 14.9. The molecule has 1 unspecified atom stereocenters. The van der Waals surface area contributed by atoms with Gasteiger partial charge in [-0.05, 0) is 0 Å². The topological polar surface area (TPSA) is 134 Å². The van der Waals surface area contributed by atoms with Crippen molar-refractivity contribution in [3.63, 3.8) is 0 Å². The molecule has 0 fully saturated rings. The zero-order valence-corrected chi connectivity index (χ0v) is 9.88. The summed E-state index contributed by atoms with van der Waals surface area (Å²) in [6.07, 6.45) is 0. The van der Waals surface area contributed by atoms with Gasteiger partial charge in [-0.15, -0.1) is 0 Å². The standard InChI is InChI=1S/C8H10N4O2S2/c9-1-7(13)5(11)3-15-16-4-6(12)8(14)2-10/h5-6H,3-4,11-12H2/t5-,6?/m0/s1. The summed E-state index contributed by atoms with van der Waals surface area (Å²) in [5.41, 5.74) is 10.7. The number of nitrogens with zero attached hydrogens (tertiary/aromatic N) is 2. The Bertz CT molecular complexity index is 313. The lowest BCUT2D eigenvalue weighted by atomic mass is 10.2. The van der Waals surface area contributed by atoms with Crippen molar-refractivity contribution < 1.29 is 9.59 Å². The number of rotatable bonds is 7. The number of nitriles is 2. The summed E-state index contributed by atoms with van der Waals surface area (Å²) in [5.74, 6) is -0.814. The molecule has 0 heterocycles. The van der Waals surface area contributed by atoms with Crippen molar-refractivity contribution >= 4 is 33.2 Å². The van der Waals surface area contributed by atoms with Gasteiger partial charge in [-0.2, -0.15) is 10.5 Å². The molecule has 86 valence electrons. The van der Waals surface area contributed by atoms with E-state index in [-0.39, 0.29) is 11.5 Å². The second kappa shape index (κ2) is 8.13. The van der Waals surface area contributed by atoms with Gasteiger partial charge in [-0.1, -0.05) is 21.6 Å². The van der Waals surface area contributed by atoms with Gasteiger partial charge < -0.3 is 11.5 Å². The number of hydrogen-bond donors (Lipinski definition) is 2. The van der Waals surface area contributed by atoms with Crippen LogP contribution in [0.15, 0.2) is 0 Å². The van der Waals surface area contributed by atoms with Crippen molar-refractivity contribution in [3.8, 4) is 12.1 Å². The fourth-order valence-corrected chi connectivity index (χ4v) is 2.81. The first-order chi connectivity index (χ1) is 7.52. The van der Waals surface area contributed by atoms with Gasteiger partial charge >= 0.3 is 0 Å². The number of hydrogen-bond acceptors (Lipinski definition) is 8. The van der Waals surface area contributed by atoms with Crippen LogP contribution in [0.5, 0.6) is 0 Å². The Morgan fingerprint density at radius 1 is 1.00 bits per heavy atom. The van der Waals surface area contributed by atoms with E-state index in [9.17, 15) is 9.59 Å². The third-order valence-corrected chi connectivity index (χ3v) is 3.95. The largest absolute Gasteiger partial charge is 0.320 e. The molecule has 0 spiro atoms. The predicted octanol–water partition coefficient (Wildman–Crippen LogP) is -0.792. The van der Waals surface area contributed by atoms with Crippen LogP contribution in [0.3, 0.4) is 0 Å². The molecule has 0 bridgehead atoms. The van der Waals surface area contributed by atoms with Crippen molar-refractivity contribution in [3.05, 3.63) is 0 Å². The second-order valence-corrected chi connectivity index (χ2v) is 5.29. The van der Waals surface area contributed by atoms with Crippen LogP contribution >= 0.6 is 21.6 Å². The fourth-order valence-electron chi connectivity index (χ4n) is 0.560. The molecule has 0 aliphatic carbocycles. The Labute approximate surface area is 101 Å². The Kier molecular flexibility index (Phi) is 7.60. The van der Waals surface area contributed by atoms with Crippen LogP contribution in [0.2, 0.25) is 0 Å². The predicted molar refractivity (Wildman–Crippen MR) is 62.1 cm³/mol. The maximum Gasteiger partial charge on any atom is 0.249 e. The third kappa shape index (κ3) is 5.73. The zero-order chi connectivity index (χ0) is 12.6. The molecule has 0 aromatic rings. The summed E-state index contributed by atoms with van der Waals surface area (Å²) in [6.45, 7) is 0. The lowest BCUT2D eigenvalue weighted by Crippen LogP contribution is -2.32. The first-order valence-electron chi connectivity index (χ1n) is 4.16. The number of nitrogens with two attached hydrogens (primary N) is 2. The Balaban J connectivity index is 3.70. The summed E-state index contributed by atoms with van der Waals surface area (Å²) < 4.78 is 0. The Morgan fingerprint density at radius 2 is 1.31 bits per heavy atom. The van der Waals surface area contributed by atoms with Crippen molar-refractivity contribution in [1.82, 2.24) is 0 Å². The molecule has 0 saturated heterocycles. The van der Waals surface area contributed by atoms with Crippen LogP contribution in [0.25, 0.3) is 0 Å². The van der Waals surface area contributed by atoms with Gasteiger partial charge in [0.05, 0.1) is 12.1 Å². The van der Waals surface area contributed by atoms with Gasteiger partial charge in [-0.25, -0.2) is 0 Å². The molecule has 0 aliphatic rings. The van der Waals surface area contributed by atoms with E-state index in [1.54, 1.807) is 0 Å². The van der Waals surface area contributed by atoms with Crippen molar-refractivity contribution in [2.75, 3.05) is 11.5 Å². The summed E-state index contributed by atoms with van der Waals surface area (Å²) in [7, 11) is 2.48. The van der Waals surface area contributed by atoms with Crippen LogP contribution in [0.4, 0.5) is 0 Å².